The first-order valence-electron chi connectivity index (χ1n) is 5.45. The van der Waals surface area contributed by atoms with E-state index in [1.165, 1.54) is 33.1 Å². The lowest BCUT2D eigenvalue weighted by atomic mass is 10.1. The number of methoxy groups -OCH3 is 1. The predicted octanol–water partition coefficient (Wildman–Crippen LogP) is 1.63. The zero-order valence-corrected chi connectivity index (χ0v) is 11.1. The van der Waals surface area contributed by atoms with Gasteiger partial charge in [-0.3, -0.25) is 9.59 Å². The van der Waals surface area contributed by atoms with Gasteiger partial charge in [0.05, 0.1) is 12.7 Å². The van der Waals surface area contributed by atoms with Crippen molar-refractivity contribution in [3.05, 3.63) is 23.3 Å². The zero-order valence-electron chi connectivity index (χ0n) is 11.1. The molecule has 6 heteroatoms. The molecule has 1 aromatic carbocycles. The average molecular weight is 266 g/mol. The molecular formula is C13H14O6. The maximum atomic E-state index is 11.5. The number of esters is 3. The van der Waals surface area contributed by atoms with E-state index in [4.69, 9.17) is 9.47 Å². The molecule has 0 saturated heterocycles. The van der Waals surface area contributed by atoms with E-state index in [-0.39, 0.29) is 17.1 Å². The summed E-state index contributed by atoms with van der Waals surface area (Å²) in [5.41, 5.74) is 0.772. The van der Waals surface area contributed by atoms with Crippen LogP contribution in [-0.2, 0) is 14.3 Å². The lowest BCUT2D eigenvalue weighted by Crippen LogP contribution is -2.10. The van der Waals surface area contributed by atoms with Gasteiger partial charge in [0.15, 0.2) is 11.5 Å². The number of carbonyl (C=O) groups excluding carboxylic acids is 3. The highest BCUT2D eigenvalue weighted by atomic mass is 16.6. The molecule has 1 rings (SSSR count). The summed E-state index contributed by atoms with van der Waals surface area (Å²) in [4.78, 5) is 33.5. The van der Waals surface area contributed by atoms with Crippen LogP contribution in [0.3, 0.4) is 0 Å². The van der Waals surface area contributed by atoms with Gasteiger partial charge in [0.25, 0.3) is 0 Å². The summed E-state index contributed by atoms with van der Waals surface area (Å²) in [5, 5.41) is 0. The topological polar surface area (TPSA) is 78.9 Å². The minimum atomic E-state index is -0.590. The molecule has 0 N–H and O–H groups in total. The second-order valence-electron chi connectivity index (χ2n) is 3.79. The van der Waals surface area contributed by atoms with Gasteiger partial charge in [0, 0.05) is 13.8 Å². The molecule has 102 valence electrons. The SMILES string of the molecule is COC(=O)c1cc(OC(C)=O)c(OC(C)=O)cc1C. The van der Waals surface area contributed by atoms with Crippen LogP contribution in [0.25, 0.3) is 0 Å². The molecule has 6 nitrogen and oxygen atoms in total. The van der Waals surface area contributed by atoms with E-state index in [1.54, 1.807) is 6.92 Å². The smallest absolute Gasteiger partial charge is 0.338 e. The van der Waals surface area contributed by atoms with E-state index in [1.807, 2.05) is 0 Å². The van der Waals surface area contributed by atoms with Crippen LogP contribution >= 0.6 is 0 Å². The minimum absolute atomic E-state index is 0.00583. The van der Waals surface area contributed by atoms with Gasteiger partial charge < -0.3 is 14.2 Å². The molecule has 0 aliphatic carbocycles. The van der Waals surface area contributed by atoms with Crippen LogP contribution in [0.2, 0.25) is 0 Å². The molecule has 0 amide bonds. The van der Waals surface area contributed by atoms with Gasteiger partial charge >= 0.3 is 17.9 Å². The largest absolute Gasteiger partial charge is 0.465 e. The summed E-state index contributed by atoms with van der Waals surface area (Å²) in [6.07, 6.45) is 0. The van der Waals surface area contributed by atoms with Crippen LogP contribution in [0.5, 0.6) is 11.5 Å². The van der Waals surface area contributed by atoms with Crippen LogP contribution in [0, 0.1) is 6.92 Å². The summed E-state index contributed by atoms with van der Waals surface area (Å²) < 4.78 is 14.5. The molecule has 0 aromatic heterocycles. The molecule has 0 bridgehead atoms. The third-order valence-electron chi connectivity index (χ3n) is 2.20. The van der Waals surface area contributed by atoms with Gasteiger partial charge in [-0.1, -0.05) is 0 Å². The van der Waals surface area contributed by atoms with E-state index in [2.05, 4.69) is 4.74 Å². The highest BCUT2D eigenvalue weighted by molar-refractivity contribution is 5.92. The van der Waals surface area contributed by atoms with Crippen LogP contribution in [0.4, 0.5) is 0 Å². The van der Waals surface area contributed by atoms with E-state index in [0.717, 1.165) is 0 Å². The molecular weight excluding hydrogens is 252 g/mol. The minimum Gasteiger partial charge on any atom is -0.465 e. The fourth-order valence-corrected chi connectivity index (χ4v) is 1.46. The lowest BCUT2D eigenvalue weighted by Gasteiger charge is -2.12. The summed E-state index contributed by atoms with van der Waals surface area (Å²) in [7, 11) is 1.24. The maximum Gasteiger partial charge on any atom is 0.338 e. The van der Waals surface area contributed by atoms with Crippen LogP contribution in [0.15, 0.2) is 12.1 Å². The molecule has 0 spiro atoms. The Morgan fingerprint density at radius 2 is 1.42 bits per heavy atom. The molecule has 0 aliphatic rings. The molecule has 0 heterocycles. The van der Waals surface area contributed by atoms with Gasteiger partial charge in [-0.2, -0.15) is 0 Å². The Balaban J connectivity index is 3.31. The molecule has 0 saturated carbocycles. The zero-order chi connectivity index (χ0) is 14.6. The quantitative estimate of drug-likeness (QED) is 0.611. The first-order chi connectivity index (χ1) is 8.85. The van der Waals surface area contributed by atoms with Gasteiger partial charge in [0.2, 0.25) is 0 Å². The third-order valence-corrected chi connectivity index (χ3v) is 2.20. The highest BCUT2D eigenvalue weighted by Gasteiger charge is 2.17. The van der Waals surface area contributed by atoms with Crippen molar-refractivity contribution in [1.29, 1.82) is 0 Å². The van der Waals surface area contributed by atoms with Crippen molar-refractivity contribution >= 4 is 17.9 Å². The van der Waals surface area contributed by atoms with Crippen molar-refractivity contribution in [3.8, 4) is 11.5 Å². The standard InChI is InChI=1S/C13H14O6/c1-7-5-11(18-8(2)14)12(19-9(3)15)6-10(7)13(16)17-4/h5-6H,1-4H3. The monoisotopic (exact) mass is 266 g/mol. The van der Waals surface area contributed by atoms with Crippen molar-refractivity contribution in [3.63, 3.8) is 0 Å². The number of carbonyl (C=O) groups is 3. The molecule has 0 radical (unpaired) electrons. The van der Waals surface area contributed by atoms with Crippen LogP contribution in [0.1, 0.15) is 29.8 Å². The van der Waals surface area contributed by atoms with E-state index in [9.17, 15) is 14.4 Å². The van der Waals surface area contributed by atoms with E-state index in [0.29, 0.717) is 5.56 Å². The summed E-state index contributed by atoms with van der Waals surface area (Å²) in [6, 6.07) is 2.74. The summed E-state index contributed by atoms with van der Waals surface area (Å²) in [6.45, 7) is 4.08. The Labute approximate surface area is 110 Å². The fourth-order valence-electron chi connectivity index (χ4n) is 1.46. The predicted molar refractivity (Wildman–Crippen MR) is 65.1 cm³/mol. The van der Waals surface area contributed by atoms with Crippen molar-refractivity contribution < 1.29 is 28.6 Å². The van der Waals surface area contributed by atoms with Gasteiger partial charge in [-0.15, -0.1) is 0 Å². The van der Waals surface area contributed by atoms with Crippen molar-refractivity contribution in [2.45, 2.75) is 20.8 Å². The first kappa shape index (κ1) is 14.7. The number of ether oxygens (including phenoxy) is 3. The van der Waals surface area contributed by atoms with Crippen LogP contribution < -0.4 is 9.47 Å². The van der Waals surface area contributed by atoms with Gasteiger partial charge in [0.1, 0.15) is 0 Å². The Bertz CT molecular complexity index is 532. The Kier molecular flexibility index (Phi) is 4.63. The Morgan fingerprint density at radius 1 is 0.947 bits per heavy atom. The van der Waals surface area contributed by atoms with Gasteiger partial charge in [-0.05, 0) is 24.6 Å². The van der Waals surface area contributed by atoms with Crippen molar-refractivity contribution in [2.24, 2.45) is 0 Å². The Morgan fingerprint density at radius 3 is 1.84 bits per heavy atom. The fraction of sp³-hybridized carbons (Fsp3) is 0.308. The number of aryl methyl sites for hydroxylation is 1. The average Bonchev–Trinajstić information content (AvgIpc) is 2.30. The number of hydrogen-bond acceptors (Lipinski definition) is 6. The highest BCUT2D eigenvalue weighted by Crippen LogP contribution is 2.31. The van der Waals surface area contributed by atoms with Crippen molar-refractivity contribution in [1.82, 2.24) is 0 Å². The number of benzene rings is 1. The third kappa shape index (κ3) is 3.80. The molecule has 0 aliphatic heterocycles. The normalized spacial score (nSPS) is 9.68. The van der Waals surface area contributed by atoms with E-state index < -0.39 is 17.9 Å². The van der Waals surface area contributed by atoms with Gasteiger partial charge in [-0.25, -0.2) is 4.79 Å². The number of rotatable bonds is 3. The second kappa shape index (κ2) is 5.99. The van der Waals surface area contributed by atoms with Crippen molar-refractivity contribution in [2.75, 3.05) is 7.11 Å². The molecule has 0 atom stereocenters. The molecule has 0 fully saturated rings. The summed E-state index contributed by atoms with van der Waals surface area (Å²) in [5.74, 6) is -1.64. The van der Waals surface area contributed by atoms with Crippen LogP contribution in [-0.4, -0.2) is 25.0 Å². The molecule has 0 unspecified atom stereocenters. The molecule has 1 aromatic rings. The lowest BCUT2D eigenvalue weighted by molar-refractivity contribution is -0.134. The molecule has 19 heavy (non-hydrogen) atoms. The van der Waals surface area contributed by atoms with E-state index >= 15 is 0 Å². The Hall–Kier alpha value is -2.37. The maximum absolute atomic E-state index is 11.5. The summed E-state index contributed by atoms with van der Waals surface area (Å²) >= 11 is 0. The first-order valence-corrected chi connectivity index (χ1v) is 5.45. The second-order valence-corrected chi connectivity index (χ2v) is 3.79. The number of hydrogen-bond donors (Lipinski definition) is 0.